The van der Waals surface area contributed by atoms with Crippen LogP contribution in [0.2, 0.25) is 0 Å². The summed E-state index contributed by atoms with van der Waals surface area (Å²) >= 11 is 0. The summed E-state index contributed by atoms with van der Waals surface area (Å²) in [7, 11) is 0. The van der Waals surface area contributed by atoms with Crippen LogP contribution in [0.15, 0.2) is 30.3 Å². The lowest BCUT2D eigenvalue weighted by molar-refractivity contribution is -0.131. The maximum Gasteiger partial charge on any atom is 0.239 e. The Balaban J connectivity index is 1.81. The van der Waals surface area contributed by atoms with Crippen LogP contribution in [-0.2, 0) is 11.2 Å². The highest BCUT2D eigenvalue weighted by Gasteiger charge is 2.31. The van der Waals surface area contributed by atoms with Gasteiger partial charge in [-0.1, -0.05) is 30.3 Å². The van der Waals surface area contributed by atoms with Crippen molar-refractivity contribution in [1.29, 1.82) is 0 Å². The second-order valence-corrected chi connectivity index (χ2v) is 5.70. The van der Waals surface area contributed by atoms with Crippen LogP contribution in [0.5, 0.6) is 0 Å². The molecule has 0 aromatic heterocycles. The molecule has 1 heterocycles. The maximum atomic E-state index is 12.3. The molecule has 3 N–H and O–H groups in total. The van der Waals surface area contributed by atoms with Crippen molar-refractivity contribution in [3.8, 4) is 0 Å². The number of aliphatic hydroxyl groups excluding tert-OH is 1. The van der Waals surface area contributed by atoms with Crippen LogP contribution in [0, 0.1) is 5.92 Å². The molecule has 20 heavy (non-hydrogen) atoms. The van der Waals surface area contributed by atoms with Gasteiger partial charge >= 0.3 is 0 Å². The van der Waals surface area contributed by atoms with Gasteiger partial charge in [0.25, 0.3) is 0 Å². The molecule has 1 aliphatic heterocycles. The molecule has 2 rings (SSSR count). The van der Waals surface area contributed by atoms with Crippen LogP contribution in [0.1, 0.15) is 25.3 Å². The van der Waals surface area contributed by atoms with E-state index >= 15 is 0 Å². The summed E-state index contributed by atoms with van der Waals surface area (Å²) in [5.41, 5.74) is 7.22. The molecular weight excluding hydrogens is 252 g/mol. The Morgan fingerprint density at radius 2 is 2.15 bits per heavy atom. The number of aryl methyl sites for hydroxylation is 1. The van der Waals surface area contributed by atoms with E-state index in [-0.39, 0.29) is 17.9 Å². The summed E-state index contributed by atoms with van der Waals surface area (Å²) in [4.78, 5) is 14.1. The summed E-state index contributed by atoms with van der Waals surface area (Å²) in [5.74, 6) is 0.212. The number of carbonyl (C=O) groups is 1. The lowest BCUT2D eigenvalue weighted by Crippen LogP contribution is -2.43. The monoisotopic (exact) mass is 276 g/mol. The molecule has 0 spiro atoms. The van der Waals surface area contributed by atoms with Crippen LogP contribution in [0.4, 0.5) is 0 Å². The van der Waals surface area contributed by atoms with Crippen LogP contribution >= 0.6 is 0 Å². The first-order chi connectivity index (χ1) is 9.58. The number of amides is 1. The SMILES string of the molecule is CC(O)C1CCN(C(=O)C(N)CCc2ccccc2)C1. The van der Waals surface area contributed by atoms with E-state index in [1.807, 2.05) is 18.2 Å². The molecular formula is C16H24N2O2. The zero-order chi connectivity index (χ0) is 14.5. The number of aliphatic hydroxyl groups is 1. The van der Waals surface area contributed by atoms with E-state index < -0.39 is 6.04 Å². The molecule has 0 aliphatic carbocycles. The van der Waals surface area contributed by atoms with Gasteiger partial charge in [-0.2, -0.15) is 0 Å². The fraction of sp³-hybridized carbons (Fsp3) is 0.562. The Hall–Kier alpha value is -1.39. The van der Waals surface area contributed by atoms with Crippen molar-refractivity contribution in [1.82, 2.24) is 4.90 Å². The lowest BCUT2D eigenvalue weighted by Gasteiger charge is -2.21. The second kappa shape index (κ2) is 6.86. The molecule has 1 saturated heterocycles. The quantitative estimate of drug-likeness (QED) is 0.848. The first-order valence-electron chi connectivity index (χ1n) is 7.34. The van der Waals surface area contributed by atoms with Gasteiger partial charge in [-0.05, 0) is 31.7 Å². The highest BCUT2D eigenvalue weighted by atomic mass is 16.3. The van der Waals surface area contributed by atoms with E-state index in [0.717, 1.165) is 12.8 Å². The minimum absolute atomic E-state index is 0.0177. The van der Waals surface area contributed by atoms with Crippen molar-refractivity contribution in [2.24, 2.45) is 11.7 Å². The molecule has 1 aromatic carbocycles. The standard InChI is InChI=1S/C16H24N2O2/c1-12(19)14-9-10-18(11-14)16(20)15(17)8-7-13-5-3-2-4-6-13/h2-6,12,14-15,19H,7-11,17H2,1H3. The normalized spacial score (nSPS) is 21.8. The predicted octanol–water partition coefficient (Wildman–Crippen LogP) is 1.18. The van der Waals surface area contributed by atoms with E-state index in [9.17, 15) is 9.90 Å². The molecule has 110 valence electrons. The average molecular weight is 276 g/mol. The third-order valence-corrected chi connectivity index (χ3v) is 4.12. The minimum atomic E-state index is -0.442. The highest BCUT2D eigenvalue weighted by Crippen LogP contribution is 2.20. The minimum Gasteiger partial charge on any atom is -0.393 e. The van der Waals surface area contributed by atoms with Gasteiger partial charge in [0.1, 0.15) is 0 Å². The van der Waals surface area contributed by atoms with Crippen molar-refractivity contribution in [2.75, 3.05) is 13.1 Å². The van der Waals surface area contributed by atoms with E-state index in [4.69, 9.17) is 5.73 Å². The topological polar surface area (TPSA) is 66.6 Å². The van der Waals surface area contributed by atoms with Gasteiger partial charge in [0.05, 0.1) is 12.1 Å². The Bertz CT molecular complexity index is 433. The first-order valence-corrected chi connectivity index (χ1v) is 7.34. The zero-order valence-electron chi connectivity index (χ0n) is 12.0. The van der Waals surface area contributed by atoms with Gasteiger partial charge in [0.2, 0.25) is 5.91 Å². The summed E-state index contributed by atoms with van der Waals surface area (Å²) in [6.45, 7) is 3.14. The summed E-state index contributed by atoms with van der Waals surface area (Å²) in [6.07, 6.45) is 2.00. The van der Waals surface area contributed by atoms with E-state index in [0.29, 0.717) is 19.5 Å². The summed E-state index contributed by atoms with van der Waals surface area (Å²) < 4.78 is 0. The van der Waals surface area contributed by atoms with Gasteiger partial charge in [-0.3, -0.25) is 4.79 Å². The van der Waals surface area contributed by atoms with E-state index in [1.165, 1.54) is 5.56 Å². The number of hydrogen-bond acceptors (Lipinski definition) is 3. The molecule has 1 aliphatic rings. The largest absolute Gasteiger partial charge is 0.393 e. The molecule has 0 radical (unpaired) electrons. The number of carbonyl (C=O) groups excluding carboxylic acids is 1. The number of nitrogens with zero attached hydrogens (tertiary/aromatic N) is 1. The molecule has 1 amide bonds. The van der Waals surface area contributed by atoms with Crippen molar-refractivity contribution in [2.45, 2.75) is 38.3 Å². The number of likely N-dealkylation sites (tertiary alicyclic amines) is 1. The molecule has 3 unspecified atom stereocenters. The van der Waals surface area contributed by atoms with Crippen molar-refractivity contribution < 1.29 is 9.90 Å². The van der Waals surface area contributed by atoms with Crippen molar-refractivity contribution >= 4 is 5.91 Å². The Kier molecular flexibility index (Phi) is 5.15. The van der Waals surface area contributed by atoms with Crippen LogP contribution < -0.4 is 5.73 Å². The maximum absolute atomic E-state index is 12.3. The van der Waals surface area contributed by atoms with E-state index in [1.54, 1.807) is 11.8 Å². The first kappa shape index (κ1) is 15.0. The molecule has 3 atom stereocenters. The van der Waals surface area contributed by atoms with Gasteiger partial charge in [0.15, 0.2) is 0 Å². The molecule has 0 bridgehead atoms. The average Bonchev–Trinajstić information content (AvgIpc) is 2.95. The fourth-order valence-electron chi connectivity index (χ4n) is 2.71. The number of nitrogens with two attached hydrogens (primary N) is 1. The van der Waals surface area contributed by atoms with Gasteiger partial charge < -0.3 is 15.7 Å². The Morgan fingerprint density at radius 3 is 2.75 bits per heavy atom. The van der Waals surface area contributed by atoms with E-state index in [2.05, 4.69) is 12.1 Å². The third kappa shape index (κ3) is 3.81. The van der Waals surface area contributed by atoms with Crippen LogP contribution in [0.3, 0.4) is 0 Å². The second-order valence-electron chi connectivity index (χ2n) is 5.70. The van der Waals surface area contributed by atoms with Gasteiger partial charge in [0, 0.05) is 19.0 Å². The summed E-state index contributed by atoms with van der Waals surface area (Å²) in [5, 5.41) is 9.57. The molecule has 1 aromatic rings. The smallest absolute Gasteiger partial charge is 0.239 e. The highest BCUT2D eigenvalue weighted by molar-refractivity contribution is 5.81. The van der Waals surface area contributed by atoms with Gasteiger partial charge in [-0.25, -0.2) is 0 Å². The third-order valence-electron chi connectivity index (χ3n) is 4.12. The predicted molar refractivity (Wildman–Crippen MR) is 79.1 cm³/mol. The van der Waals surface area contributed by atoms with Crippen LogP contribution in [0.25, 0.3) is 0 Å². The number of hydrogen-bond donors (Lipinski definition) is 2. The number of benzene rings is 1. The lowest BCUT2D eigenvalue weighted by atomic mass is 10.0. The Labute approximate surface area is 120 Å². The van der Waals surface area contributed by atoms with Gasteiger partial charge in [-0.15, -0.1) is 0 Å². The number of rotatable bonds is 5. The van der Waals surface area contributed by atoms with Crippen molar-refractivity contribution in [3.05, 3.63) is 35.9 Å². The summed E-state index contributed by atoms with van der Waals surface area (Å²) in [6, 6.07) is 9.64. The van der Waals surface area contributed by atoms with Crippen LogP contribution in [-0.4, -0.2) is 41.1 Å². The fourth-order valence-corrected chi connectivity index (χ4v) is 2.71. The Morgan fingerprint density at radius 1 is 1.45 bits per heavy atom. The van der Waals surface area contributed by atoms with Crippen molar-refractivity contribution in [3.63, 3.8) is 0 Å². The zero-order valence-corrected chi connectivity index (χ0v) is 12.0. The molecule has 4 nitrogen and oxygen atoms in total. The molecule has 4 heteroatoms. The molecule has 1 fully saturated rings. The molecule has 0 saturated carbocycles.